The minimum absolute atomic E-state index is 0.966. The lowest BCUT2D eigenvalue weighted by Crippen LogP contribution is -1.92. The molecule has 9 rings (SSSR count). The van der Waals surface area contributed by atoms with Gasteiger partial charge in [-0.05, 0) is 83.9 Å². The molecular formula is C44H30N2. The van der Waals surface area contributed by atoms with Gasteiger partial charge in [0.2, 0.25) is 0 Å². The van der Waals surface area contributed by atoms with Crippen LogP contribution in [-0.4, -0.2) is 9.55 Å². The van der Waals surface area contributed by atoms with E-state index in [9.17, 15) is 0 Å². The first-order chi connectivity index (χ1) is 22.7. The van der Waals surface area contributed by atoms with E-state index in [2.05, 4.69) is 175 Å². The maximum absolute atomic E-state index is 5.19. The molecule has 1 aromatic heterocycles. The molecule has 0 N–H and O–H groups in total. The van der Waals surface area contributed by atoms with Crippen LogP contribution in [0.15, 0.2) is 164 Å². The van der Waals surface area contributed by atoms with E-state index in [4.69, 9.17) is 4.98 Å². The highest BCUT2D eigenvalue weighted by atomic mass is 15.1. The molecule has 0 fully saturated rings. The molecule has 0 saturated heterocycles. The summed E-state index contributed by atoms with van der Waals surface area (Å²) in [5.41, 5.74) is 10.6. The summed E-state index contributed by atoms with van der Waals surface area (Å²) in [6.07, 6.45) is 0. The number of benzene rings is 8. The molecule has 0 bridgehead atoms. The van der Waals surface area contributed by atoms with E-state index in [0.717, 1.165) is 22.4 Å². The molecule has 216 valence electrons. The lowest BCUT2D eigenvalue weighted by molar-refractivity contribution is 0.959. The molecule has 0 amide bonds. The van der Waals surface area contributed by atoms with Crippen LogP contribution in [-0.2, 0) is 7.05 Å². The molecule has 2 nitrogen and oxygen atoms in total. The van der Waals surface area contributed by atoms with E-state index in [1.54, 1.807) is 0 Å². The zero-order valence-corrected chi connectivity index (χ0v) is 25.5. The summed E-state index contributed by atoms with van der Waals surface area (Å²) in [6.45, 7) is 0. The number of imidazole rings is 1. The second-order valence-corrected chi connectivity index (χ2v) is 12.0. The predicted molar refractivity (Wildman–Crippen MR) is 195 cm³/mol. The summed E-state index contributed by atoms with van der Waals surface area (Å²) in [6, 6.07) is 59.1. The lowest BCUT2D eigenvalue weighted by Gasteiger charge is -2.18. The highest BCUT2D eigenvalue weighted by Crippen LogP contribution is 2.44. The van der Waals surface area contributed by atoms with Crippen molar-refractivity contribution in [1.82, 2.24) is 9.55 Å². The number of aryl methyl sites for hydroxylation is 1. The van der Waals surface area contributed by atoms with Crippen molar-refractivity contribution in [3.05, 3.63) is 164 Å². The van der Waals surface area contributed by atoms with Crippen molar-refractivity contribution in [1.29, 1.82) is 0 Å². The number of hydrogen-bond donors (Lipinski definition) is 0. The number of rotatable bonds is 4. The van der Waals surface area contributed by atoms with Gasteiger partial charge in [0.25, 0.3) is 0 Å². The Morgan fingerprint density at radius 1 is 0.391 bits per heavy atom. The summed E-state index contributed by atoms with van der Waals surface area (Å²) in [7, 11) is 2.11. The van der Waals surface area contributed by atoms with Crippen LogP contribution in [0.1, 0.15) is 0 Å². The van der Waals surface area contributed by atoms with Crippen LogP contribution in [0.3, 0.4) is 0 Å². The summed E-state index contributed by atoms with van der Waals surface area (Å²) in [5.74, 6) is 0.966. The average molecular weight is 587 g/mol. The molecule has 0 spiro atoms. The Morgan fingerprint density at radius 3 is 1.52 bits per heavy atom. The molecule has 8 aromatic carbocycles. The molecule has 0 radical (unpaired) electrons. The van der Waals surface area contributed by atoms with Crippen LogP contribution in [0, 0.1) is 0 Å². The normalized spacial score (nSPS) is 11.6. The van der Waals surface area contributed by atoms with Gasteiger partial charge in [-0.25, -0.2) is 4.98 Å². The Hall–Kier alpha value is -5.99. The Bertz CT molecular complexity index is 2520. The summed E-state index contributed by atoms with van der Waals surface area (Å²) < 4.78 is 2.20. The predicted octanol–water partition coefficient (Wildman–Crippen LogP) is 11.7. The molecule has 1 heterocycles. The minimum atomic E-state index is 0.966. The molecule has 9 aromatic rings. The second-order valence-electron chi connectivity index (χ2n) is 12.0. The SMILES string of the molecule is Cn1c(-c2ccc(-c3ccccc3)cc2)nc2cc(-c3c4ccccc4c(-c4ccc5ccccc5c4)c4ccccc34)ccc21. The largest absolute Gasteiger partial charge is 0.327 e. The Morgan fingerprint density at radius 2 is 0.870 bits per heavy atom. The monoisotopic (exact) mass is 586 g/mol. The van der Waals surface area contributed by atoms with Gasteiger partial charge in [0.05, 0.1) is 11.0 Å². The van der Waals surface area contributed by atoms with Crippen molar-refractivity contribution in [2.75, 3.05) is 0 Å². The van der Waals surface area contributed by atoms with Crippen LogP contribution < -0.4 is 0 Å². The number of fused-ring (bicyclic) bond motifs is 4. The van der Waals surface area contributed by atoms with E-state index in [1.165, 1.54) is 65.7 Å². The van der Waals surface area contributed by atoms with Crippen LogP contribution in [0.4, 0.5) is 0 Å². The van der Waals surface area contributed by atoms with E-state index in [-0.39, 0.29) is 0 Å². The molecule has 0 atom stereocenters. The number of nitrogens with zero attached hydrogens (tertiary/aromatic N) is 2. The summed E-state index contributed by atoms with van der Waals surface area (Å²) in [5, 5.41) is 7.52. The van der Waals surface area contributed by atoms with Gasteiger partial charge >= 0.3 is 0 Å². The van der Waals surface area contributed by atoms with E-state index in [1.807, 2.05) is 0 Å². The van der Waals surface area contributed by atoms with Gasteiger partial charge in [-0.1, -0.05) is 146 Å². The topological polar surface area (TPSA) is 17.8 Å². The van der Waals surface area contributed by atoms with Gasteiger partial charge in [-0.3, -0.25) is 0 Å². The molecule has 0 aliphatic carbocycles. The van der Waals surface area contributed by atoms with Crippen molar-refractivity contribution in [2.24, 2.45) is 7.05 Å². The quantitative estimate of drug-likeness (QED) is 0.188. The van der Waals surface area contributed by atoms with Crippen molar-refractivity contribution >= 4 is 43.4 Å². The highest BCUT2D eigenvalue weighted by molar-refractivity contribution is 6.22. The third-order valence-electron chi connectivity index (χ3n) is 9.39. The molecule has 0 saturated carbocycles. The molecule has 0 aliphatic heterocycles. The average Bonchev–Trinajstić information content (AvgIpc) is 3.46. The van der Waals surface area contributed by atoms with Crippen LogP contribution in [0.25, 0.3) is 88.1 Å². The maximum atomic E-state index is 5.19. The standard InChI is InChI=1S/C44H30N2/c1-46-41-26-25-35(28-40(41)45-44(46)32-22-19-31(20-23-32)29-11-3-2-4-12-29)43-38-17-9-7-15-36(38)42(37-16-8-10-18-39(37)43)34-24-21-30-13-5-6-14-33(30)27-34/h2-28H,1H3. The fourth-order valence-corrected chi connectivity index (χ4v) is 7.15. The molecule has 0 aliphatic rings. The first-order valence-electron chi connectivity index (χ1n) is 15.8. The third kappa shape index (κ3) is 4.22. The lowest BCUT2D eigenvalue weighted by atomic mass is 9.85. The van der Waals surface area contributed by atoms with Crippen molar-refractivity contribution in [3.63, 3.8) is 0 Å². The van der Waals surface area contributed by atoms with Gasteiger partial charge in [0.1, 0.15) is 5.82 Å². The second kappa shape index (κ2) is 10.6. The van der Waals surface area contributed by atoms with Gasteiger partial charge in [-0.2, -0.15) is 0 Å². The molecular weight excluding hydrogens is 556 g/mol. The van der Waals surface area contributed by atoms with Crippen LogP contribution in [0.2, 0.25) is 0 Å². The van der Waals surface area contributed by atoms with Crippen molar-refractivity contribution < 1.29 is 0 Å². The van der Waals surface area contributed by atoms with Gasteiger partial charge in [-0.15, -0.1) is 0 Å². The third-order valence-corrected chi connectivity index (χ3v) is 9.39. The zero-order valence-electron chi connectivity index (χ0n) is 25.5. The van der Waals surface area contributed by atoms with E-state index >= 15 is 0 Å². The summed E-state index contributed by atoms with van der Waals surface area (Å²) >= 11 is 0. The Kier molecular flexibility index (Phi) is 6.07. The highest BCUT2D eigenvalue weighted by Gasteiger charge is 2.18. The van der Waals surface area contributed by atoms with Crippen LogP contribution >= 0.6 is 0 Å². The van der Waals surface area contributed by atoms with Crippen molar-refractivity contribution in [2.45, 2.75) is 0 Å². The maximum Gasteiger partial charge on any atom is 0.140 e. The first-order valence-corrected chi connectivity index (χ1v) is 15.8. The van der Waals surface area contributed by atoms with E-state index in [0.29, 0.717) is 0 Å². The van der Waals surface area contributed by atoms with Gasteiger partial charge in [0.15, 0.2) is 0 Å². The van der Waals surface area contributed by atoms with Gasteiger partial charge < -0.3 is 4.57 Å². The molecule has 0 unspecified atom stereocenters. The molecule has 2 heteroatoms. The smallest absolute Gasteiger partial charge is 0.140 e. The van der Waals surface area contributed by atoms with Crippen molar-refractivity contribution in [3.8, 4) is 44.8 Å². The zero-order chi connectivity index (χ0) is 30.6. The van der Waals surface area contributed by atoms with Crippen LogP contribution in [0.5, 0.6) is 0 Å². The Balaban J connectivity index is 1.22. The Labute approximate surface area is 267 Å². The first kappa shape index (κ1) is 26.4. The minimum Gasteiger partial charge on any atom is -0.327 e. The number of hydrogen-bond acceptors (Lipinski definition) is 1. The fraction of sp³-hybridized carbons (Fsp3) is 0.0227. The summed E-state index contributed by atoms with van der Waals surface area (Å²) in [4.78, 5) is 5.19. The van der Waals surface area contributed by atoms with E-state index < -0.39 is 0 Å². The fourth-order valence-electron chi connectivity index (χ4n) is 7.15. The number of aromatic nitrogens is 2. The van der Waals surface area contributed by atoms with Gasteiger partial charge in [0, 0.05) is 12.6 Å². The molecule has 46 heavy (non-hydrogen) atoms.